The van der Waals surface area contributed by atoms with Crippen LogP contribution in [-0.2, 0) is 11.2 Å². The van der Waals surface area contributed by atoms with E-state index in [1.54, 1.807) is 14.0 Å². The fourth-order valence-corrected chi connectivity index (χ4v) is 1.14. The molecule has 96 valence electrons. The Labute approximate surface area is 101 Å². The highest BCUT2D eigenvalue weighted by Crippen LogP contribution is 2.09. The molecule has 0 saturated heterocycles. The van der Waals surface area contributed by atoms with Crippen LogP contribution in [-0.4, -0.2) is 40.3 Å². The lowest BCUT2D eigenvalue weighted by atomic mass is 10.2. The van der Waals surface area contributed by atoms with Gasteiger partial charge in [-0.25, -0.2) is 4.79 Å². The fourth-order valence-electron chi connectivity index (χ4n) is 1.14. The normalized spacial score (nSPS) is 11.4. The summed E-state index contributed by atoms with van der Waals surface area (Å²) in [4.78, 5) is 17.2. The highest BCUT2D eigenvalue weighted by molar-refractivity contribution is 5.67. The second-order valence-corrected chi connectivity index (χ2v) is 4.88. The Hall–Kier alpha value is -1.59. The topological polar surface area (TPSA) is 68.5 Å². The third-order valence-electron chi connectivity index (χ3n) is 1.95. The van der Waals surface area contributed by atoms with E-state index in [1.165, 1.54) is 4.90 Å². The van der Waals surface area contributed by atoms with Crippen LogP contribution in [0.4, 0.5) is 4.79 Å². The smallest absolute Gasteiger partial charge is 0.410 e. The summed E-state index contributed by atoms with van der Waals surface area (Å²) in [6.07, 6.45) is 0.199. The zero-order valence-corrected chi connectivity index (χ0v) is 11.0. The van der Waals surface area contributed by atoms with Gasteiger partial charge < -0.3 is 14.2 Å². The Morgan fingerprint density at radius 1 is 1.47 bits per heavy atom. The Balaban J connectivity index is 2.39. The molecule has 1 rings (SSSR count). The van der Waals surface area contributed by atoms with Crippen LogP contribution in [0.3, 0.4) is 0 Å². The second kappa shape index (κ2) is 5.16. The van der Waals surface area contributed by atoms with E-state index in [0.717, 1.165) is 0 Å². The Morgan fingerprint density at radius 3 is 2.59 bits per heavy atom. The number of hydrogen-bond acceptors (Lipinski definition) is 5. The molecule has 0 N–H and O–H groups in total. The first kappa shape index (κ1) is 13.5. The van der Waals surface area contributed by atoms with E-state index in [-0.39, 0.29) is 6.09 Å². The minimum Gasteiger partial charge on any atom is -0.444 e. The van der Waals surface area contributed by atoms with Crippen LogP contribution < -0.4 is 0 Å². The van der Waals surface area contributed by atoms with Crippen LogP contribution >= 0.6 is 0 Å². The molecule has 0 bridgehead atoms. The molecule has 0 spiro atoms. The molecule has 0 aromatic carbocycles. The molecule has 1 aromatic heterocycles. The Morgan fingerprint density at radius 2 is 2.12 bits per heavy atom. The summed E-state index contributed by atoms with van der Waals surface area (Å²) >= 11 is 0. The maximum atomic E-state index is 11.6. The van der Waals surface area contributed by atoms with Gasteiger partial charge >= 0.3 is 6.09 Å². The molecule has 1 heterocycles. The zero-order valence-electron chi connectivity index (χ0n) is 11.0. The van der Waals surface area contributed by atoms with Crippen molar-refractivity contribution in [1.82, 2.24) is 15.0 Å². The maximum absolute atomic E-state index is 11.6. The Bertz CT molecular complexity index is 382. The number of nitrogens with zero attached hydrogens (tertiary/aromatic N) is 3. The summed E-state index contributed by atoms with van der Waals surface area (Å²) in [7, 11) is 1.68. The van der Waals surface area contributed by atoms with Crippen molar-refractivity contribution in [2.75, 3.05) is 13.6 Å². The van der Waals surface area contributed by atoms with E-state index in [0.29, 0.717) is 24.7 Å². The van der Waals surface area contributed by atoms with Gasteiger partial charge in [-0.1, -0.05) is 5.16 Å². The van der Waals surface area contributed by atoms with Crippen molar-refractivity contribution in [1.29, 1.82) is 0 Å². The minimum absolute atomic E-state index is 0.349. The predicted octanol–water partition coefficient (Wildman–Crippen LogP) is 1.79. The van der Waals surface area contributed by atoms with Crippen molar-refractivity contribution in [3.8, 4) is 0 Å². The number of ether oxygens (including phenoxy) is 1. The van der Waals surface area contributed by atoms with Gasteiger partial charge in [0, 0.05) is 26.9 Å². The van der Waals surface area contributed by atoms with Crippen molar-refractivity contribution in [2.45, 2.75) is 39.7 Å². The van der Waals surface area contributed by atoms with Crippen molar-refractivity contribution in [2.24, 2.45) is 0 Å². The molecular formula is C11H19N3O3. The molecular weight excluding hydrogens is 222 g/mol. The third-order valence-corrected chi connectivity index (χ3v) is 1.95. The highest BCUT2D eigenvalue weighted by atomic mass is 16.6. The predicted molar refractivity (Wildman–Crippen MR) is 61.6 cm³/mol. The number of carbonyl (C=O) groups excluding carboxylic acids is 1. The monoisotopic (exact) mass is 241 g/mol. The lowest BCUT2D eigenvalue weighted by Gasteiger charge is -2.24. The first-order valence-corrected chi connectivity index (χ1v) is 5.51. The van der Waals surface area contributed by atoms with Crippen LogP contribution in [0.15, 0.2) is 4.52 Å². The molecule has 0 aliphatic carbocycles. The van der Waals surface area contributed by atoms with E-state index in [2.05, 4.69) is 10.1 Å². The summed E-state index contributed by atoms with van der Waals surface area (Å²) in [5.41, 5.74) is -0.478. The van der Waals surface area contributed by atoms with Gasteiger partial charge in [0.15, 0.2) is 5.82 Å². The number of carbonyl (C=O) groups is 1. The molecule has 0 atom stereocenters. The van der Waals surface area contributed by atoms with Gasteiger partial charge in [0.1, 0.15) is 5.60 Å². The van der Waals surface area contributed by atoms with E-state index >= 15 is 0 Å². The van der Waals surface area contributed by atoms with Crippen molar-refractivity contribution in [3.05, 3.63) is 11.7 Å². The third kappa shape index (κ3) is 4.84. The summed E-state index contributed by atoms with van der Waals surface area (Å²) in [6.45, 7) is 7.73. The Kier molecular flexibility index (Phi) is 4.09. The molecule has 0 unspecified atom stereocenters. The number of amides is 1. The fraction of sp³-hybridized carbons (Fsp3) is 0.727. The van der Waals surface area contributed by atoms with Crippen LogP contribution in [0.5, 0.6) is 0 Å². The van der Waals surface area contributed by atoms with Crippen molar-refractivity contribution in [3.63, 3.8) is 0 Å². The average molecular weight is 241 g/mol. The molecule has 0 aliphatic heterocycles. The van der Waals surface area contributed by atoms with Crippen LogP contribution in [0.2, 0.25) is 0 Å². The molecule has 0 saturated carbocycles. The zero-order chi connectivity index (χ0) is 13.1. The summed E-state index contributed by atoms with van der Waals surface area (Å²) in [5, 5.41) is 3.76. The second-order valence-electron chi connectivity index (χ2n) is 4.88. The van der Waals surface area contributed by atoms with Crippen molar-refractivity contribution < 1.29 is 14.1 Å². The molecule has 1 aromatic rings. The van der Waals surface area contributed by atoms with E-state index in [1.807, 2.05) is 20.8 Å². The number of likely N-dealkylation sites (N-methyl/N-ethyl adjacent to an activating group) is 1. The lowest BCUT2D eigenvalue weighted by molar-refractivity contribution is 0.0300. The number of aromatic nitrogens is 2. The maximum Gasteiger partial charge on any atom is 0.410 e. The van der Waals surface area contributed by atoms with Crippen LogP contribution in [0.1, 0.15) is 32.5 Å². The van der Waals surface area contributed by atoms with Gasteiger partial charge in [-0.05, 0) is 20.8 Å². The molecule has 0 radical (unpaired) electrons. The number of aryl methyl sites for hydroxylation is 1. The molecule has 0 fully saturated rings. The SMILES string of the molecule is Cc1nc(CCN(C)C(=O)OC(C)(C)C)no1. The largest absolute Gasteiger partial charge is 0.444 e. The number of hydrogen-bond donors (Lipinski definition) is 0. The van der Waals surface area contributed by atoms with Crippen molar-refractivity contribution >= 4 is 6.09 Å². The van der Waals surface area contributed by atoms with Gasteiger partial charge in [0.25, 0.3) is 0 Å². The van der Waals surface area contributed by atoms with Gasteiger partial charge in [-0.3, -0.25) is 0 Å². The standard InChI is InChI=1S/C11H19N3O3/c1-8-12-9(13-17-8)6-7-14(5)10(15)16-11(2,3)4/h6-7H2,1-5H3. The minimum atomic E-state index is -0.478. The first-order chi connectivity index (χ1) is 7.78. The van der Waals surface area contributed by atoms with E-state index < -0.39 is 5.60 Å². The van der Waals surface area contributed by atoms with Gasteiger partial charge in [-0.15, -0.1) is 0 Å². The van der Waals surface area contributed by atoms with E-state index in [4.69, 9.17) is 9.26 Å². The lowest BCUT2D eigenvalue weighted by Crippen LogP contribution is -2.35. The summed E-state index contributed by atoms with van der Waals surface area (Å²) in [6, 6.07) is 0. The van der Waals surface area contributed by atoms with Gasteiger partial charge in [0.05, 0.1) is 0 Å². The van der Waals surface area contributed by atoms with E-state index in [9.17, 15) is 4.79 Å². The van der Waals surface area contributed by atoms with Crippen LogP contribution in [0.25, 0.3) is 0 Å². The molecule has 0 aliphatic rings. The molecule has 6 heteroatoms. The van der Waals surface area contributed by atoms with Crippen LogP contribution in [0, 0.1) is 6.92 Å². The molecule has 1 amide bonds. The highest BCUT2D eigenvalue weighted by Gasteiger charge is 2.19. The van der Waals surface area contributed by atoms with Gasteiger partial charge in [-0.2, -0.15) is 4.98 Å². The first-order valence-electron chi connectivity index (χ1n) is 5.51. The van der Waals surface area contributed by atoms with Gasteiger partial charge in [0.2, 0.25) is 5.89 Å². The summed E-state index contributed by atoms with van der Waals surface area (Å²) in [5.74, 6) is 1.12. The summed E-state index contributed by atoms with van der Waals surface area (Å²) < 4.78 is 10.1. The molecule has 17 heavy (non-hydrogen) atoms. The average Bonchev–Trinajstić information content (AvgIpc) is 2.58. The number of rotatable bonds is 3. The molecule has 6 nitrogen and oxygen atoms in total. The quantitative estimate of drug-likeness (QED) is 0.807.